The average molecular weight is 371 g/mol. The van der Waals surface area contributed by atoms with Gasteiger partial charge in [0, 0.05) is 36.2 Å². The second-order valence-electron chi connectivity index (χ2n) is 5.25. The monoisotopic (exact) mass is 370 g/mol. The number of nitrogens with zero attached hydrogens (tertiary/aromatic N) is 2. The van der Waals surface area contributed by atoms with Crippen molar-refractivity contribution in [1.82, 2.24) is 9.36 Å². The quantitative estimate of drug-likeness (QED) is 0.698. The summed E-state index contributed by atoms with van der Waals surface area (Å²) in [5, 5.41) is 1.92. The molecule has 2 aromatic rings. The zero-order valence-corrected chi connectivity index (χ0v) is 15.0. The van der Waals surface area contributed by atoms with Gasteiger partial charge in [-0.1, -0.05) is 35.5 Å². The summed E-state index contributed by atoms with van der Waals surface area (Å²) in [6.45, 7) is 3.95. The summed E-state index contributed by atoms with van der Waals surface area (Å²) in [6.07, 6.45) is 1.57. The van der Waals surface area contributed by atoms with Crippen molar-refractivity contribution in [3.05, 3.63) is 46.9 Å². The molecule has 0 N–H and O–H groups in total. The Bertz CT molecular complexity index is 718. The lowest BCUT2D eigenvalue weighted by Crippen LogP contribution is -2.21. The summed E-state index contributed by atoms with van der Waals surface area (Å²) in [5.41, 5.74) is 1.13. The number of thioether (sulfide) groups is 1. The Morgan fingerprint density at radius 3 is 3.00 bits per heavy atom. The Kier molecular flexibility index (Phi) is 4.99. The molecule has 0 atom stereocenters. The fraction of sp³-hybridized carbons (Fsp3) is 0.333. The Morgan fingerprint density at radius 2 is 2.26 bits per heavy atom. The van der Waals surface area contributed by atoms with Crippen LogP contribution in [0.15, 0.2) is 41.4 Å². The van der Waals surface area contributed by atoms with Gasteiger partial charge in [0.1, 0.15) is 6.26 Å². The highest BCUT2D eigenvalue weighted by Crippen LogP contribution is 2.28. The van der Waals surface area contributed by atoms with E-state index in [0.717, 1.165) is 16.3 Å². The third kappa shape index (κ3) is 4.76. The van der Waals surface area contributed by atoms with Crippen LogP contribution in [-0.2, 0) is 15.2 Å². The predicted molar refractivity (Wildman–Crippen MR) is 90.7 cm³/mol. The largest absolute Gasteiger partial charge is 0.461 e. The Balaban J connectivity index is 1.48. The van der Waals surface area contributed by atoms with Crippen LogP contribution >= 0.6 is 34.9 Å². The van der Waals surface area contributed by atoms with E-state index in [9.17, 15) is 0 Å². The molecule has 0 unspecified atom stereocenters. The summed E-state index contributed by atoms with van der Waals surface area (Å²) in [4.78, 5) is 4.34. The van der Waals surface area contributed by atoms with Crippen molar-refractivity contribution in [2.45, 2.75) is 30.5 Å². The van der Waals surface area contributed by atoms with Crippen molar-refractivity contribution in [1.29, 1.82) is 0 Å². The molecule has 1 aromatic carbocycles. The van der Waals surface area contributed by atoms with Crippen LogP contribution in [-0.4, -0.2) is 21.8 Å². The van der Waals surface area contributed by atoms with E-state index in [0.29, 0.717) is 16.1 Å². The molecule has 5 nitrogen and oxygen atoms in total. The van der Waals surface area contributed by atoms with Gasteiger partial charge in [0.05, 0.1) is 0 Å². The summed E-state index contributed by atoms with van der Waals surface area (Å²) in [5.74, 6) is 0.767. The van der Waals surface area contributed by atoms with E-state index >= 15 is 0 Å². The van der Waals surface area contributed by atoms with E-state index in [1.54, 1.807) is 6.26 Å². The predicted octanol–water partition coefficient (Wildman–Crippen LogP) is 4.49. The molecule has 1 aliphatic heterocycles. The lowest BCUT2D eigenvalue weighted by molar-refractivity contribution is -0.119. The highest BCUT2D eigenvalue weighted by Gasteiger charge is 2.27. The second kappa shape index (κ2) is 6.98. The minimum Gasteiger partial charge on any atom is -0.461 e. The molecule has 0 fully saturated rings. The first-order valence-electron chi connectivity index (χ1n) is 6.90. The number of hydrogen-bond donors (Lipinski definition) is 0. The second-order valence-corrected chi connectivity index (χ2v) is 7.35. The third-order valence-corrected chi connectivity index (χ3v) is 4.73. The Labute approximate surface area is 147 Å². The molecule has 1 aromatic heterocycles. The molecule has 0 spiro atoms. The van der Waals surface area contributed by atoms with Crippen LogP contribution in [0.2, 0.25) is 5.02 Å². The number of aromatic nitrogens is 2. The van der Waals surface area contributed by atoms with Gasteiger partial charge in [-0.2, -0.15) is 9.36 Å². The van der Waals surface area contributed by atoms with Gasteiger partial charge in [0.2, 0.25) is 10.9 Å². The normalized spacial score (nSPS) is 15.7. The molecule has 23 heavy (non-hydrogen) atoms. The van der Waals surface area contributed by atoms with Crippen LogP contribution < -0.4 is 4.74 Å². The van der Waals surface area contributed by atoms with Crippen molar-refractivity contribution in [2.75, 3.05) is 6.61 Å². The van der Waals surface area contributed by atoms with Gasteiger partial charge < -0.3 is 14.2 Å². The van der Waals surface area contributed by atoms with Gasteiger partial charge in [0.25, 0.3) is 5.19 Å². The van der Waals surface area contributed by atoms with Gasteiger partial charge in [-0.15, -0.1) is 0 Å². The molecule has 0 saturated heterocycles. The molecule has 0 radical (unpaired) electrons. The SMILES string of the molecule is CC1(C)OC=C(COc2nc(SCc3cccc(Cl)c3)ns2)O1. The standard InChI is InChI=1S/C15H15ClN2O3S2/c1-15(2)20-8-12(21-15)7-19-14-17-13(18-23-14)22-9-10-4-3-5-11(16)6-10/h3-6,8H,7,9H2,1-2H3. The molecule has 2 heterocycles. The summed E-state index contributed by atoms with van der Waals surface area (Å²) >= 11 is 8.73. The van der Waals surface area contributed by atoms with Crippen molar-refractivity contribution < 1.29 is 14.2 Å². The van der Waals surface area contributed by atoms with Crippen LogP contribution in [0, 0.1) is 0 Å². The lowest BCUT2D eigenvalue weighted by Gasteiger charge is -2.17. The summed E-state index contributed by atoms with van der Waals surface area (Å²) in [7, 11) is 0. The van der Waals surface area contributed by atoms with Crippen LogP contribution in [0.25, 0.3) is 0 Å². The van der Waals surface area contributed by atoms with Crippen molar-refractivity contribution >= 4 is 34.9 Å². The van der Waals surface area contributed by atoms with Crippen LogP contribution in [0.4, 0.5) is 0 Å². The van der Waals surface area contributed by atoms with E-state index in [1.807, 2.05) is 38.1 Å². The smallest absolute Gasteiger partial charge is 0.294 e. The number of rotatable bonds is 6. The van der Waals surface area contributed by atoms with Gasteiger partial charge in [-0.3, -0.25) is 0 Å². The maximum absolute atomic E-state index is 5.97. The third-order valence-electron chi connectivity index (χ3n) is 2.83. The van der Waals surface area contributed by atoms with E-state index in [2.05, 4.69) is 9.36 Å². The molecule has 0 aliphatic carbocycles. The first-order chi connectivity index (χ1) is 11.0. The molecule has 3 rings (SSSR count). The molecule has 122 valence electrons. The Hall–Kier alpha value is -1.44. The number of halogens is 1. The fourth-order valence-corrected chi connectivity index (χ4v) is 3.51. The highest BCUT2D eigenvalue weighted by molar-refractivity contribution is 7.98. The van der Waals surface area contributed by atoms with Gasteiger partial charge in [-0.05, 0) is 17.7 Å². The van der Waals surface area contributed by atoms with Crippen molar-refractivity contribution in [2.24, 2.45) is 0 Å². The number of ether oxygens (including phenoxy) is 3. The maximum Gasteiger partial charge on any atom is 0.294 e. The number of hydrogen-bond acceptors (Lipinski definition) is 7. The zero-order chi connectivity index (χ0) is 16.3. The first-order valence-corrected chi connectivity index (χ1v) is 9.03. The summed E-state index contributed by atoms with van der Waals surface area (Å²) in [6, 6.07) is 7.74. The molecule has 0 bridgehead atoms. The molecule has 0 amide bonds. The molecular weight excluding hydrogens is 356 g/mol. The Morgan fingerprint density at radius 1 is 1.39 bits per heavy atom. The minimum absolute atomic E-state index is 0.275. The van der Waals surface area contributed by atoms with Crippen LogP contribution in [0.1, 0.15) is 19.4 Å². The fourth-order valence-electron chi connectivity index (χ4n) is 1.86. The van der Waals surface area contributed by atoms with Crippen LogP contribution in [0.3, 0.4) is 0 Å². The number of benzene rings is 1. The van der Waals surface area contributed by atoms with E-state index in [-0.39, 0.29) is 6.61 Å². The van der Waals surface area contributed by atoms with Crippen molar-refractivity contribution in [3.63, 3.8) is 0 Å². The topological polar surface area (TPSA) is 53.5 Å². The van der Waals surface area contributed by atoms with Gasteiger partial charge >= 0.3 is 0 Å². The van der Waals surface area contributed by atoms with Gasteiger partial charge in [0.15, 0.2) is 12.4 Å². The zero-order valence-electron chi connectivity index (χ0n) is 12.6. The molecule has 0 saturated carbocycles. The van der Waals surface area contributed by atoms with Crippen LogP contribution in [0.5, 0.6) is 5.19 Å². The molecule has 8 heteroatoms. The lowest BCUT2D eigenvalue weighted by atomic mass is 10.2. The summed E-state index contributed by atoms with van der Waals surface area (Å²) < 4.78 is 20.7. The molecular formula is C15H15ClN2O3S2. The first kappa shape index (κ1) is 16.4. The maximum atomic E-state index is 5.97. The average Bonchev–Trinajstić information content (AvgIpc) is 3.09. The molecule has 1 aliphatic rings. The minimum atomic E-state index is -0.627. The van der Waals surface area contributed by atoms with E-state index < -0.39 is 5.79 Å². The van der Waals surface area contributed by atoms with E-state index in [1.165, 1.54) is 23.3 Å². The van der Waals surface area contributed by atoms with E-state index in [4.69, 9.17) is 25.8 Å². The van der Waals surface area contributed by atoms with Gasteiger partial charge in [-0.25, -0.2) is 0 Å². The van der Waals surface area contributed by atoms with Crippen molar-refractivity contribution in [3.8, 4) is 5.19 Å². The highest BCUT2D eigenvalue weighted by atomic mass is 35.5.